The minimum absolute atomic E-state index is 0.134. The molecule has 1 aromatic heterocycles. The smallest absolute Gasteiger partial charge is 0.170 e. The van der Waals surface area contributed by atoms with Crippen molar-refractivity contribution in [2.45, 2.75) is 53.6 Å². The van der Waals surface area contributed by atoms with E-state index in [4.69, 9.17) is 5.11 Å². The zero-order chi connectivity index (χ0) is 21.7. The van der Waals surface area contributed by atoms with E-state index < -0.39 is 0 Å². The number of carbonyl (C=O) groups is 1. The van der Waals surface area contributed by atoms with E-state index in [9.17, 15) is 9.18 Å². The Morgan fingerprint density at radius 1 is 1.43 bits per heavy atom. The maximum atomic E-state index is 13.2. The third-order valence-electron chi connectivity index (χ3n) is 3.65. The molecule has 0 bridgehead atoms. The molecular weight excluding hydrogens is 423 g/mol. The van der Waals surface area contributed by atoms with Crippen molar-refractivity contribution in [3.8, 4) is 0 Å². The number of aliphatic hydroxyl groups is 1. The average molecular weight is 455 g/mol. The minimum atomic E-state index is -0.254. The molecule has 1 unspecified atom stereocenters. The van der Waals surface area contributed by atoms with Gasteiger partial charge in [-0.15, -0.1) is 0 Å². The summed E-state index contributed by atoms with van der Waals surface area (Å²) < 4.78 is 14.0. The standard InChI is InChI=1S/C19H24BrFN2O.C3H8O/c1-5-13(3)10-23-19-17(12-24)22-11-15(18(19)20)9-14(4)7-8-16(21)6-2;1-3(2)4/h6-8,11-12,14,23H,3,5,9-10H2,1-2,4H3;3-4H,1-2H3/b8-7-,16-6+;. The molecule has 1 aromatic rings. The van der Waals surface area contributed by atoms with Crippen molar-refractivity contribution in [1.29, 1.82) is 0 Å². The van der Waals surface area contributed by atoms with E-state index in [0.29, 0.717) is 24.3 Å². The molecule has 1 atom stereocenters. The first kappa shape index (κ1) is 26.2. The molecule has 0 radical (unpaired) electrons. The number of aliphatic hydroxyl groups excluding tert-OH is 1. The number of carbonyl (C=O) groups excluding carboxylic acids is 1. The van der Waals surface area contributed by atoms with E-state index in [2.05, 4.69) is 32.8 Å². The highest BCUT2D eigenvalue weighted by Gasteiger charge is 2.14. The molecular formula is C22H32BrFN2O2. The first-order valence-corrected chi connectivity index (χ1v) is 10.2. The third kappa shape index (κ3) is 10.5. The number of pyridine rings is 1. The lowest BCUT2D eigenvalue weighted by Crippen LogP contribution is -2.10. The van der Waals surface area contributed by atoms with Gasteiger partial charge in [0.25, 0.3) is 0 Å². The SMILES string of the molecule is C=C(CC)CNc1c(C=O)ncc(CC(C)/C=C\C(F)=C/C)c1Br.CC(C)O. The normalized spacial score (nSPS) is 12.5. The molecule has 0 aromatic carbocycles. The predicted octanol–water partition coefficient (Wildman–Crippen LogP) is 6.03. The second kappa shape index (κ2) is 14.2. The number of nitrogens with one attached hydrogen (secondary N) is 1. The molecule has 0 aliphatic rings. The number of aldehydes is 1. The van der Waals surface area contributed by atoms with Gasteiger partial charge in [-0.3, -0.25) is 9.78 Å². The number of allylic oxidation sites excluding steroid dienone is 4. The Bertz CT molecular complexity index is 697. The van der Waals surface area contributed by atoms with E-state index in [1.54, 1.807) is 27.0 Å². The van der Waals surface area contributed by atoms with Crippen LogP contribution in [0.3, 0.4) is 0 Å². The van der Waals surface area contributed by atoms with Crippen LogP contribution in [0.25, 0.3) is 0 Å². The minimum Gasteiger partial charge on any atom is -0.394 e. The lowest BCUT2D eigenvalue weighted by atomic mass is 10.0. The van der Waals surface area contributed by atoms with Crippen LogP contribution in [0.1, 0.15) is 57.1 Å². The fourth-order valence-electron chi connectivity index (χ4n) is 2.05. The Balaban J connectivity index is 0.00000165. The number of aromatic nitrogens is 1. The van der Waals surface area contributed by atoms with E-state index >= 15 is 0 Å². The van der Waals surface area contributed by atoms with Gasteiger partial charge in [0.1, 0.15) is 11.5 Å². The number of nitrogens with zero attached hydrogens (tertiary/aromatic N) is 1. The summed E-state index contributed by atoms with van der Waals surface area (Å²) in [6.07, 6.45) is 8.51. The van der Waals surface area contributed by atoms with Crippen LogP contribution in [0.15, 0.2) is 46.9 Å². The maximum Gasteiger partial charge on any atom is 0.170 e. The summed E-state index contributed by atoms with van der Waals surface area (Å²) >= 11 is 3.57. The van der Waals surface area contributed by atoms with Gasteiger partial charge in [0, 0.05) is 23.3 Å². The fourth-order valence-corrected chi connectivity index (χ4v) is 2.65. The van der Waals surface area contributed by atoms with Crippen LogP contribution in [0, 0.1) is 5.92 Å². The summed E-state index contributed by atoms with van der Waals surface area (Å²) in [5.41, 5.74) is 3.04. The second-order valence-electron chi connectivity index (χ2n) is 6.74. The van der Waals surface area contributed by atoms with Crippen LogP contribution in [0.4, 0.5) is 10.1 Å². The van der Waals surface area contributed by atoms with E-state index in [1.165, 1.54) is 12.2 Å². The van der Waals surface area contributed by atoms with E-state index in [1.807, 2.05) is 19.9 Å². The van der Waals surface area contributed by atoms with Crippen LogP contribution >= 0.6 is 15.9 Å². The van der Waals surface area contributed by atoms with Crippen molar-refractivity contribution >= 4 is 27.9 Å². The maximum absolute atomic E-state index is 13.2. The highest BCUT2D eigenvalue weighted by atomic mass is 79.9. The Labute approximate surface area is 176 Å². The molecule has 0 aliphatic heterocycles. The monoisotopic (exact) mass is 454 g/mol. The number of hydrogen-bond acceptors (Lipinski definition) is 4. The van der Waals surface area contributed by atoms with Crippen molar-refractivity contribution in [1.82, 2.24) is 4.98 Å². The van der Waals surface area contributed by atoms with Crippen LogP contribution in [0.2, 0.25) is 0 Å². The van der Waals surface area contributed by atoms with Gasteiger partial charge in [0.2, 0.25) is 0 Å². The van der Waals surface area contributed by atoms with Gasteiger partial charge >= 0.3 is 0 Å². The van der Waals surface area contributed by atoms with Gasteiger partial charge < -0.3 is 10.4 Å². The highest BCUT2D eigenvalue weighted by molar-refractivity contribution is 9.10. The van der Waals surface area contributed by atoms with Crippen LogP contribution in [0.5, 0.6) is 0 Å². The first-order chi connectivity index (χ1) is 13.2. The molecule has 4 nitrogen and oxygen atoms in total. The molecule has 6 heteroatoms. The Hall–Kier alpha value is -1.79. The number of hydrogen-bond donors (Lipinski definition) is 2. The average Bonchev–Trinajstić information content (AvgIpc) is 2.65. The van der Waals surface area contributed by atoms with Crippen molar-refractivity contribution in [2.24, 2.45) is 5.92 Å². The van der Waals surface area contributed by atoms with Crippen LogP contribution < -0.4 is 5.32 Å². The van der Waals surface area contributed by atoms with Crippen molar-refractivity contribution in [2.75, 3.05) is 11.9 Å². The molecule has 28 heavy (non-hydrogen) atoms. The summed E-state index contributed by atoms with van der Waals surface area (Å²) in [7, 11) is 0. The summed E-state index contributed by atoms with van der Waals surface area (Å²) in [6.45, 7) is 13.7. The summed E-state index contributed by atoms with van der Waals surface area (Å²) in [4.78, 5) is 15.5. The first-order valence-electron chi connectivity index (χ1n) is 9.37. The number of anilines is 1. The molecule has 156 valence electrons. The largest absolute Gasteiger partial charge is 0.394 e. The highest BCUT2D eigenvalue weighted by Crippen LogP contribution is 2.30. The lowest BCUT2D eigenvalue weighted by Gasteiger charge is -2.15. The summed E-state index contributed by atoms with van der Waals surface area (Å²) in [6, 6.07) is 0. The molecule has 2 N–H and O–H groups in total. The van der Waals surface area contributed by atoms with Crippen LogP contribution in [-0.2, 0) is 6.42 Å². The molecule has 0 saturated carbocycles. The molecule has 0 spiro atoms. The Morgan fingerprint density at radius 3 is 2.54 bits per heavy atom. The Kier molecular flexibility index (Phi) is 13.3. The molecule has 0 amide bonds. The summed E-state index contributed by atoms with van der Waals surface area (Å²) in [5.74, 6) is -0.120. The predicted molar refractivity (Wildman–Crippen MR) is 119 cm³/mol. The molecule has 1 rings (SSSR count). The fraction of sp³-hybridized carbons (Fsp3) is 0.455. The van der Waals surface area contributed by atoms with Gasteiger partial charge in [-0.2, -0.15) is 0 Å². The zero-order valence-electron chi connectivity index (χ0n) is 17.4. The van der Waals surface area contributed by atoms with Gasteiger partial charge in [0.15, 0.2) is 6.29 Å². The summed E-state index contributed by atoms with van der Waals surface area (Å²) in [5, 5.41) is 11.3. The van der Waals surface area contributed by atoms with E-state index in [0.717, 1.165) is 28.3 Å². The van der Waals surface area contributed by atoms with Crippen molar-refractivity contribution in [3.05, 3.63) is 58.1 Å². The quantitative estimate of drug-likeness (QED) is 0.271. The van der Waals surface area contributed by atoms with Crippen LogP contribution in [-0.4, -0.2) is 29.0 Å². The second-order valence-corrected chi connectivity index (χ2v) is 7.53. The third-order valence-corrected chi connectivity index (χ3v) is 4.55. The number of halogens is 2. The van der Waals surface area contributed by atoms with Crippen molar-refractivity contribution < 1.29 is 14.3 Å². The molecule has 0 aliphatic carbocycles. The lowest BCUT2D eigenvalue weighted by molar-refractivity contribution is 0.111. The zero-order valence-corrected chi connectivity index (χ0v) is 19.0. The molecule has 0 saturated heterocycles. The van der Waals surface area contributed by atoms with Gasteiger partial charge in [0.05, 0.1) is 5.69 Å². The number of rotatable bonds is 9. The van der Waals surface area contributed by atoms with Gasteiger partial charge in [-0.1, -0.05) is 38.2 Å². The molecule has 0 fully saturated rings. The van der Waals surface area contributed by atoms with Gasteiger partial charge in [-0.05, 0) is 67.1 Å². The topological polar surface area (TPSA) is 62.2 Å². The van der Waals surface area contributed by atoms with Crippen molar-refractivity contribution in [3.63, 3.8) is 0 Å². The van der Waals surface area contributed by atoms with Gasteiger partial charge in [-0.25, -0.2) is 4.39 Å². The molecule has 1 heterocycles. The van der Waals surface area contributed by atoms with E-state index in [-0.39, 0.29) is 17.8 Å². The Morgan fingerprint density at radius 2 is 2.04 bits per heavy atom.